The number of nitrogens with one attached hydrogen (secondary N) is 2. The van der Waals surface area contributed by atoms with E-state index in [9.17, 15) is 0 Å². The minimum atomic E-state index is -0.0839. The molecule has 1 aromatic heterocycles. The van der Waals surface area contributed by atoms with Crippen molar-refractivity contribution in [1.29, 1.82) is 0 Å². The smallest absolute Gasteiger partial charge is 0.124 e. The number of methoxy groups -OCH3 is 2. The van der Waals surface area contributed by atoms with Crippen molar-refractivity contribution in [3.05, 3.63) is 89.6 Å². The van der Waals surface area contributed by atoms with E-state index in [2.05, 4.69) is 53.6 Å². The van der Waals surface area contributed by atoms with Gasteiger partial charge in [-0.1, -0.05) is 42.5 Å². The van der Waals surface area contributed by atoms with Crippen molar-refractivity contribution in [1.82, 2.24) is 4.98 Å². The predicted octanol–water partition coefficient (Wildman–Crippen LogP) is 5.70. The summed E-state index contributed by atoms with van der Waals surface area (Å²) in [4.78, 5) is 3.52. The van der Waals surface area contributed by atoms with Gasteiger partial charge in [0.05, 0.1) is 20.3 Å². The molecule has 4 rings (SSSR count). The van der Waals surface area contributed by atoms with E-state index in [-0.39, 0.29) is 6.04 Å². The van der Waals surface area contributed by atoms with Gasteiger partial charge < -0.3 is 19.8 Å². The molecule has 3 aromatic carbocycles. The summed E-state index contributed by atoms with van der Waals surface area (Å²) in [5.74, 6) is 1.67. The Bertz CT molecular complexity index is 1100. The standard InChI is InChI=1S/C24H24N2O2/c1-16-23(19-11-4-6-13-21(19)25-16)24(20-12-5-7-14-22(20)28-3)26-17-9-8-10-18(15-17)27-2/h4-15,24-26H,1-3H3. The molecule has 1 atom stereocenters. The maximum atomic E-state index is 5.68. The fraction of sp³-hybridized carbons (Fsp3) is 0.167. The molecule has 0 fully saturated rings. The first-order chi connectivity index (χ1) is 13.7. The van der Waals surface area contributed by atoms with Crippen LogP contribution in [0.1, 0.15) is 22.9 Å². The van der Waals surface area contributed by atoms with Crippen LogP contribution in [0.4, 0.5) is 5.69 Å². The van der Waals surface area contributed by atoms with Gasteiger partial charge in [-0.05, 0) is 31.2 Å². The van der Waals surface area contributed by atoms with Crippen LogP contribution in [0.15, 0.2) is 72.8 Å². The summed E-state index contributed by atoms with van der Waals surface area (Å²) in [6.07, 6.45) is 0. The fourth-order valence-corrected chi connectivity index (χ4v) is 3.76. The van der Waals surface area contributed by atoms with Gasteiger partial charge in [0.15, 0.2) is 0 Å². The number of hydrogen-bond acceptors (Lipinski definition) is 3. The van der Waals surface area contributed by atoms with E-state index in [4.69, 9.17) is 9.47 Å². The Morgan fingerprint density at radius 2 is 1.64 bits per heavy atom. The molecule has 0 aliphatic rings. The monoisotopic (exact) mass is 372 g/mol. The van der Waals surface area contributed by atoms with Crippen LogP contribution >= 0.6 is 0 Å². The number of fused-ring (bicyclic) bond motifs is 1. The van der Waals surface area contributed by atoms with Gasteiger partial charge in [0.25, 0.3) is 0 Å². The maximum absolute atomic E-state index is 5.68. The minimum Gasteiger partial charge on any atom is -0.497 e. The van der Waals surface area contributed by atoms with Crippen molar-refractivity contribution >= 4 is 16.6 Å². The van der Waals surface area contributed by atoms with Crippen molar-refractivity contribution in [2.45, 2.75) is 13.0 Å². The Morgan fingerprint density at radius 3 is 2.46 bits per heavy atom. The lowest BCUT2D eigenvalue weighted by Crippen LogP contribution is -2.14. The average Bonchev–Trinajstić information content (AvgIpc) is 3.07. The molecule has 0 bridgehead atoms. The average molecular weight is 372 g/mol. The molecule has 4 aromatic rings. The molecule has 0 amide bonds. The number of ether oxygens (including phenoxy) is 2. The van der Waals surface area contributed by atoms with Crippen LogP contribution in [0, 0.1) is 6.92 Å². The van der Waals surface area contributed by atoms with E-state index in [1.54, 1.807) is 14.2 Å². The molecule has 142 valence electrons. The van der Waals surface area contributed by atoms with Crippen LogP contribution in [0.3, 0.4) is 0 Å². The highest BCUT2D eigenvalue weighted by atomic mass is 16.5. The van der Waals surface area contributed by atoms with Crippen molar-refractivity contribution < 1.29 is 9.47 Å². The molecule has 0 saturated carbocycles. The zero-order chi connectivity index (χ0) is 19.5. The van der Waals surface area contributed by atoms with Crippen LogP contribution in [-0.2, 0) is 0 Å². The van der Waals surface area contributed by atoms with Crippen LogP contribution in [0.25, 0.3) is 10.9 Å². The topological polar surface area (TPSA) is 46.3 Å². The molecule has 0 spiro atoms. The Hall–Kier alpha value is -3.40. The summed E-state index contributed by atoms with van der Waals surface area (Å²) in [6, 6.07) is 24.4. The van der Waals surface area contributed by atoms with Gasteiger partial charge in [-0.3, -0.25) is 0 Å². The van der Waals surface area contributed by atoms with Crippen LogP contribution in [0.2, 0.25) is 0 Å². The number of aryl methyl sites for hydroxylation is 1. The van der Waals surface area contributed by atoms with Gasteiger partial charge in [-0.2, -0.15) is 0 Å². The zero-order valence-corrected chi connectivity index (χ0v) is 16.3. The zero-order valence-electron chi connectivity index (χ0n) is 16.3. The molecule has 0 saturated heterocycles. The quantitative estimate of drug-likeness (QED) is 0.457. The highest BCUT2D eigenvalue weighted by Gasteiger charge is 2.23. The largest absolute Gasteiger partial charge is 0.497 e. The molecular formula is C24H24N2O2. The number of H-pyrrole nitrogens is 1. The second-order valence-electron chi connectivity index (χ2n) is 6.76. The van der Waals surface area contributed by atoms with Crippen molar-refractivity contribution in [3.63, 3.8) is 0 Å². The van der Waals surface area contributed by atoms with E-state index < -0.39 is 0 Å². The Morgan fingerprint density at radius 1 is 0.857 bits per heavy atom. The van der Waals surface area contributed by atoms with Crippen molar-refractivity contribution in [2.24, 2.45) is 0 Å². The number of aromatic nitrogens is 1. The Balaban J connectivity index is 1.89. The first-order valence-electron chi connectivity index (χ1n) is 9.32. The van der Waals surface area contributed by atoms with E-state index in [0.29, 0.717) is 0 Å². The molecule has 0 aliphatic heterocycles. The summed E-state index contributed by atoms with van der Waals surface area (Å²) in [5, 5.41) is 4.90. The third-order valence-electron chi connectivity index (χ3n) is 5.06. The highest BCUT2D eigenvalue weighted by molar-refractivity contribution is 5.86. The Labute approximate surface area is 165 Å². The van der Waals surface area contributed by atoms with Gasteiger partial charge in [0.1, 0.15) is 11.5 Å². The van der Waals surface area contributed by atoms with Crippen LogP contribution < -0.4 is 14.8 Å². The fourth-order valence-electron chi connectivity index (χ4n) is 3.76. The second-order valence-corrected chi connectivity index (χ2v) is 6.76. The van der Waals surface area contributed by atoms with E-state index in [1.165, 1.54) is 10.9 Å². The minimum absolute atomic E-state index is 0.0839. The van der Waals surface area contributed by atoms with E-state index in [1.807, 2.05) is 36.4 Å². The molecule has 4 nitrogen and oxygen atoms in total. The molecule has 4 heteroatoms. The SMILES string of the molecule is COc1cccc(NC(c2ccccc2OC)c2c(C)[nH]c3ccccc23)c1. The third kappa shape index (κ3) is 3.29. The molecule has 1 unspecified atom stereocenters. The lowest BCUT2D eigenvalue weighted by molar-refractivity contribution is 0.408. The molecular weight excluding hydrogens is 348 g/mol. The summed E-state index contributed by atoms with van der Waals surface area (Å²) < 4.78 is 11.1. The normalized spacial score (nSPS) is 12.0. The molecule has 0 aliphatic carbocycles. The summed E-state index contributed by atoms with van der Waals surface area (Å²) in [7, 11) is 3.39. The van der Waals surface area contributed by atoms with Gasteiger partial charge in [0, 0.05) is 39.5 Å². The lowest BCUT2D eigenvalue weighted by Gasteiger charge is -2.23. The summed E-state index contributed by atoms with van der Waals surface area (Å²) in [5.41, 5.74) is 5.54. The number of anilines is 1. The second kappa shape index (κ2) is 7.69. The number of benzene rings is 3. The molecule has 0 radical (unpaired) electrons. The number of para-hydroxylation sites is 2. The van der Waals surface area contributed by atoms with Gasteiger partial charge in [-0.25, -0.2) is 0 Å². The number of hydrogen-bond donors (Lipinski definition) is 2. The van der Waals surface area contributed by atoms with Gasteiger partial charge in [-0.15, -0.1) is 0 Å². The Kier molecular flexibility index (Phi) is 4.94. The van der Waals surface area contributed by atoms with E-state index in [0.717, 1.165) is 34.0 Å². The molecule has 1 heterocycles. The third-order valence-corrected chi connectivity index (χ3v) is 5.06. The molecule has 28 heavy (non-hydrogen) atoms. The lowest BCUT2D eigenvalue weighted by atomic mass is 9.95. The van der Waals surface area contributed by atoms with Gasteiger partial charge in [0.2, 0.25) is 0 Å². The maximum Gasteiger partial charge on any atom is 0.124 e. The predicted molar refractivity (Wildman–Crippen MR) is 114 cm³/mol. The summed E-state index contributed by atoms with van der Waals surface area (Å²) >= 11 is 0. The molecule has 2 N–H and O–H groups in total. The van der Waals surface area contributed by atoms with Crippen molar-refractivity contribution in [3.8, 4) is 11.5 Å². The van der Waals surface area contributed by atoms with Crippen LogP contribution in [0.5, 0.6) is 11.5 Å². The number of aromatic amines is 1. The van der Waals surface area contributed by atoms with Crippen molar-refractivity contribution in [2.75, 3.05) is 19.5 Å². The first kappa shape index (κ1) is 18.0. The van der Waals surface area contributed by atoms with Crippen LogP contribution in [-0.4, -0.2) is 19.2 Å². The first-order valence-corrected chi connectivity index (χ1v) is 9.32. The number of rotatable bonds is 6. The highest BCUT2D eigenvalue weighted by Crippen LogP contribution is 2.38. The van der Waals surface area contributed by atoms with Gasteiger partial charge >= 0.3 is 0 Å². The van der Waals surface area contributed by atoms with E-state index >= 15 is 0 Å². The summed E-state index contributed by atoms with van der Waals surface area (Å²) in [6.45, 7) is 2.12.